The van der Waals surface area contributed by atoms with Crippen LogP contribution in [0.25, 0.3) is 0 Å². The molecular weight excluding hydrogens is 334 g/mol. The van der Waals surface area contributed by atoms with Crippen molar-refractivity contribution in [2.75, 3.05) is 14.2 Å². The molecule has 0 aromatic heterocycles. The highest BCUT2D eigenvalue weighted by molar-refractivity contribution is 8.18. The van der Waals surface area contributed by atoms with Gasteiger partial charge >= 0.3 is 11.9 Å². The summed E-state index contributed by atoms with van der Waals surface area (Å²) in [6.07, 6.45) is 2.44. The molecule has 124 valence electrons. The number of carbonyl (C=O) groups is 3. The number of rotatable bonds is 4. The van der Waals surface area contributed by atoms with Crippen molar-refractivity contribution in [3.05, 3.63) is 46.4 Å². The van der Waals surface area contributed by atoms with E-state index in [4.69, 9.17) is 0 Å². The number of methoxy groups -OCH3 is 2. The van der Waals surface area contributed by atoms with Gasteiger partial charge in [-0.25, -0.2) is 9.59 Å². The lowest BCUT2D eigenvalue weighted by Crippen LogP contribution is -2.19. The third-order valence-corrected chi connectivity index (χ3v) is 3.71. The summed E-state index contributed by atoms with van der Waals surface area (Å²) in [5.74, 6) is -1.59. The normalized spacial score (nSPS) is 17.3. The van der Waals surface area contributed by atoms with Crippen LogP contribution in [0.4, 0.5) is 0 Å². The van der Waals surface area contributed by atoms with Crippen LogP contribution in [0.5, 0.6) is 0 Å². The number of nitrogens with zero attached hydrogens (tertiary/aromatic N) is 2. The molecule has 1 amide bonds. The fraction of sp³-hybridized carbons (Fsp3) is 0.133. The van der Waals surface area contributed by atoms with E-state index in [0.717, 1.165) is 17.8 Å². The monoisotopic (exact) mass is 347 g/mol. The smallest absolute Gasteiger partial charge is 0.338 e. The fourth-order valence-electron chi connectivity index (χ4n) is 1.69. The van der Waals surface area contributed by atoms with Crippen molar-refractivity contribution in [2.24, 2.45) is 10.2 Å². The first kappa shape index (κ1) is 17.4. The van der Waals surface area contributed by atoms with Gasteiger partial charge in [-0.05, 0) is 17.8 Å². The van der Waals surface area contributed by atoms with Gasteiger partial charge in [-0.15, -0.1) is 5.10 Å². The largest absolute Gasteiger partial charge is 0.466 e. The minimum absolute atomic E-state index is 0.158. The van der Waals surface area contributed by atoms with Gasteiger partial charge in [0.25, 0.3) is 5.91 Å². The SMILES string of the molecule is COC(=O)/C=C1/S/C(=N\N=Cc2ccccc2C(=O)OC)NC1=O. The van der Waals surface area contributed by atoms with Gasteiger partial charge < -0.3 is 9.47 Å². The lowest BCUT2D eigenvalue weighted by Gasteiger charge is -2.01. The number of ether oxygens (including phenoxy) is 2. The molecule has 0 radical (unpaired) electrons. The Labute approximate surface area is 141 Å². The van der Waals surface area contributed by atoms with Crippen LogP contribution in [0.3, 0.4) is 0 Å². The molecule has 0 aliphatic carbocycles. The lowest BCUT2D eigenvalue weighted by atomic mass is 10.1. The van der Waals surface area contributed by atoms with Crippen LogP contribution in [0.15, 0.2) is 45.4 Å². The first-order chi connectivity index (χ1) is 11.5. The number of nitrogens with one attached hydrogen (secondary N) is 1. The predicted octanol–water partition coefficient (Wildman–Crippen LogP) is 1.08. The van der Waals surface area contributed by atoms with Gasteiger partial charge in [0.1, 0.15) is 0 Å². The van der Waals surface area contributed by atoms with Gasteiger partial charge in [0.15, 0.2) is 5.17 Å². The predicted molar refractivity (Wildman–Crippen MR) is 88.6 cm³/mol. The molecule has 1 heterocycles. The first-order valence-corrected chi connectivity index (χ1v) is 7.44. The van der Waals surface area contributed by atoms with Crippen molar-refractivity contribution < 1.29 is 23.9 Å². The Morgan fingerprint density at radius 2 is 1.96 bits per heavy atom. The van der Waals surface area contributed by atoms with E-state index >= 15 is 0 Å². The van der Waals surface area contributed by atoms with E-state index in [9.17, 15) is 14.4 Å². The second-order valence-electron chi connectivity index (χ2n) is 4.32. The second-order valence-corrected chi connectivity index (χ2v) is 5.35. The molecule has 0 saturated carbocycles. The summed E-state index contributed by atoms with van der Waals surface area (Å²) in [4.78, 5) is 34.6. The molecule has 0 bridgehead atoms. The zero-order chi connectivity index (χ0) is 17.5. The Morgan fingerprint density at radius 3 is 2.67 bits per heavy atom. The fourth-order valence-corrected chi connectivity index (χ4v) is 2.43. The third kappa shape index (κ3) is 4.29. The van der Waals surface area contributed by atoms with E-state index in [2.05, 4.69) is 25.0 Å². The van der Waals surface area contributed by atoms with Gasteiger partial charge in [0.2, 0.25) is 0 Å². The van der Waals surface area contributed by atoms with E-state index < -0.39 is 17.8 Å². The van der Waals surface area contributed by atoms with Crippen molar-refractivity contribution in [2.45, 2.75) is 0 Å². The van der Waals surface area contributed by atoms with Gasteiger partial charge in [-0.1, -0.05) is 18.2 Å². The molecule has 0 atom stereocenters. The summed E-state index contributed by atoms with van der Waals surface area (Å²) in [6.45, 7) is 0. The van der Waals surface area contributed by atoms with Crippen LogP contribution in [0.2, 0.25) is 0 Å². The Morgan fingerprint density at radius 1 is 1.21 bits per heavy atom. The third-order valence-electron chi connectivity index (χ3n) is 2.81. The van der Waals surface area contributed by atoms with E-state index in [1.807, 2.05) is 0 Å². The van der Waals surface area contributed by atoms with Crippen LogP contribution in [-0.2, 0) is 19.1 Å². The zero-order valence-electron chi connectivity index (χ0n) is 12.8. The zero-order valence-corrected chi connectivity index (χ0v) is 13.6. The molecule has 1 aliphatic rings. The molecule has 1 N–H and O–H groups in total. The van der Waals surface area contributed by atoms with Crippen molar-refractivity contribution in [1.82, 2.24) is 5.32 Å². The van der Waals surface area contributed by atoms with Crippen LogP contribution < -0.4 is 5.32 Å². The number of thioether (sulfide) groups is 1. The molecule has 8 nitrogen and oxygen atoms in total. The molecule has 1 aromatic rings. The summed E-state index contributed by atoms with van der Waals surface area (Å²) in [6, 6.07) is 6.72. The standard InChI is InChI=1S/C15H13N3O5S/c1-22-12(19)7-11-13(20)17-15(24-11)18-16-8-9-5-3-4-6-10(9)14(21)23-2/h3-8H,1-2H3,(H,17,18,20)/b11-7+,16-8?. The van der Waals surface area contributed by atoms with Gasteiger partial charge in [-0.2, -0.15) is 5.10 Å². The van der Waals surface area contributed by atoms with Crippen LogP contribution in [-0.4, -0.2) is 43.4 Å². The second kappa shape index (κ2) is 8.06. The van der Waals surface area contributed by atoms with E-state index in [-0.39, 0.29) is 10.1 Å². The van der Waals surface area contributed by atoms with E-state index in [1.54, 1.807) is 24.3 Å². The summed E-state index contributed by atoms with van der Waals surface area (Å²) in [7, 11) is 2.51. The molecular formula is C15H13N3O5S. The Balaban J connectivity index is 2.14. The molecule has 1 aliphatic heterocycles. The molecule has 9 heteroatoms. The highest BCUT2D eigenvalue weighted by atomic mass is 32.2. The Kier molecular flexibility index (Phi) is 5.85. The number of hydrogen-bond donors (Lipinski definition) is 1. The van der Waals surface area contributed by atoms with Gasteiger partial charge in [-0.3, -0.25) is 10.1 Å². The van der Waals surface area contributed by atoms with Crippen LogP contribution >= 0.6 is 11.8 Å². The molecule has 24 heavy (non-hydrogen) atoms. The number of carbonyl (C=O) groups excluding carboxylic acids is 3. The average Bonchev–Trinajstić information content (AvgIpc) is 2.94. The Bertz CT molecular complexity index is 770. The molecule has 1 fully saturated rings. The van der Waals surface area contributed by atoms with Crippen LogP contribution in [0.1, 0.15) is 15.9 Å². The van der Waals surface area contributed by atoms with E-state index in [0.29, 0.717) is 11.1 Å². The number of amides is 1. The molecule has 1 aromatic carbocycles. The summed E-state index contributed by atoms with van der Waals surface area (Å²) in [5, 5.41) is 10.4. The summed E-state index contributed by atoms with van der Waals surface area (Å²) < 4.78 is 9.14. The van der Waals surface area contributed by atoms with Crippen molar-refractivity contribution in [3.8, 4) is 0 Å². The molecule has 1 saturated heterocycles. The molecule has 0 unspecified atom stereocenters. The van der Waals surface area contributed by atoms with Crippen molar-refractivity contribution in [3.63, 3.8) is 0 Å². The quantitative estimate of drug-likeness (QED) is 0.378. The van der Waals surface area contributed by atoms with Gasteiger partial charge in [0, 0.05) is 11.6 Å². The maximum absolute atomic E-state index is 11.6. The molecule has 0 spiro atoms. The van der Waals surface area contributed by atoms with Crippen molar-refractivity contribution >= 4 is 41.0 Å². The topological polar surface area (TPSA) is 106 Å². The minimum Gasteiger partial charge on any atom is -0.466 e. The highest BCUT2D eigenvalue weighted by Gasteiger charge is 2.25. The number of amidine groups is 1. The Hall–Kier alpha value is -2.94. The minimum atomic E-state index is -0.635. The molecule has 2 rings (SSSR count). The van der Waals surface area contributed by atoms with Crippen LogP contribution in [0, 0.1) is 0 Å². The number of hydrogen-bond acceptors (Lipinski definition) is 8. The first-order valence-electron chi connectivity index (χ1n) is 6.62. The summed E-state index contributed by atoms with van der Waals surface area (Å²) in [5.41, 5.74) is 0.867. The number of esters is 2. The van der Waals surface area contributed by atoms with Crippen molar-refractivity contribution in [1.29, 1.82) is 0 Å². The summed E-state index contributed by atoms with van der Waals surface area (Å²) >= 11 is 0.957. The maximum Gasteiger partial charge on any atom is 0.338 e. The average molecular weight is 347 g/mol. The number of benzene rings is 1. The highest BCUT2D eigenvalue weighted by Crippen LogP contribution is 2.23. The lowest BCUT2D eigenvalue weighted by molar-refractivity contribution is -0.135. The van der Waals surface area contributed by atoms with Gasteiger partial charge in [0.05, 0.1) is 30.9 Å². The maximum atomic E-state index is 11.6. The van der Waals surface area contributed by atoms with E-state index in [1.165, 1.54) is 20.4 Å².